The Labute approximate surface area is 132 Å². The van der Waals surface area contributed by atoms with Gasteiger partial charge in [-0.1, -0.05) is 60.7 Å². The van der Waals surface area contributed by atoms with Gasteiger partial charge in [0, 0.05) is 11.1 Å². The predicted octanol–water partition coefficient (Wildman–Crippen LogP) is 2.00. The molecule has 6 heteroatoms. The Kier molecular flexibility index (Phi) is 6.87. The van der Waals surface area contributed by atoms with Crippen LogP contribution >= 0.6 is 0 Å². The lowest BCUT2D eigenvalue weighted by atomic mass is 10.1. The summed E-state index contributed by atoms with van der Waals surface area (Å²) in [5.74, 6) is -3.74. The number of carbonyl (C=O) groups excluding carboxylic acids is 3. The quantitative estimate of drug-likeness (QED) is 0.526. The van der Waals surface area contributed by atoms with E-state index in [1.165, 1.54) is 19.2 Å². The van der Waals surface area contributed by atoms with Gasteiger partial charge >= 0.3 is 11.9 Å². The number of hydrogen-bond donors (Lipinski definition) is 1. The number of Topliss-reactive ketones (excluding diaryl/α,β-unsaturated/α-hetero) is 2. The fourth-order valence-electron chi connectivity index (χ4n) is 1.51. The summed E-state index contributed by atoms with van der Waals surface area (Å²) >= 11 is 0. The Hall–Kier alpha value is -3.28. The highest BCUT2D eigenvalue weighted by Gasteiger charge is 2.15. The van der Waals surface area contributed by atoms with E-state index in [0.29, 0.717) is 5.56 Å². The molecule has 0 aliphatic carbocycles. The van der Waals surface area contributed by atoms with Crippen molar-refractivity contribution < 1.29 is 29.0 Å². The molecule has 2 aromatic carbocycles. The first-order valence-electron chi connectivity index (χ1n) is 6.47. The minimum atomic E-state index is -1.42. The number of benzene rings is 2. The summed E-state index contributed by atoms with van der Waals surface area (Å²) in [5, 5.41) is 8.29. The van der Waals surface area contributed by atoms with Crippen LogP contribution in [0.25, 0.3) is 0 Å². The van der Waals surface area contributed by atoms with Crippen molar-refractivity contribution in [2.24, 2.45) is 0 Å². The van der Waals surface area contributed by atoms with Crippen LogP contribution in [0.2, 0.25) is 0 Å². The molecule has 0 aliphatic rings. The molecule has 2 aromatic rings. The number of hydrogen-bond acceptors (Lipinski definition) is 5. The number of carboxylic acid groups (broad SMARTS) is 1. The average Bonchev–Trinajstić information content (AvgIpc) is 2.61. The highest BCUT2D eigenvalue weighted by Crippen LogP contribution is 2.00. The van der Waals surface area contributed by atoms with E-state index >= 15 is 0 Å². The zero-order valence-corrected chi connectivity index (χ0v) is 12.3. The van der Waals surface area contributed by atoms with E-state index in [-0.39, 0.29) is 5.56 Å². The molecule has 0 atom stereocenters. The molecular formula is C17H14O6. The summed E-state index contributed by atoms with van der Waals surface area (Å²) in [4.78, 5) is 42.7. The fourth-order valence-corrected chi connectivity index (χ4v) is 1.51. The van der Waals surface area contributed by atoms with Crippen molar-refractivity contribution in [3.8, 4) is 0 Å². The van der Waals surface area contributed by atoms with Crippen molar-refractivity contribution in [1.82, 2.24) is 0 Å². The lowest BCUT2D eigenvalue weighted by Gasteiger charge is -1.96. The number of ketones is 2. The van der Waals surface area contributed by atoms with Crippen molar-refractivity contribution in [1.29, 1.82) is 0 Å². The molecule has 6 nitrogen and oxygen atoms in total. The third-order valence-electron chi connectivity index (χ3n) is 2.64. The summed E-state index contributed by atoms with van der Waals surface area (Å²) < 4.78 is 4.28. The standard InChI is InChI=1S/C9H8O3.C8H6O3/c1-12-9(11)8(10)7-5-3-2-4-6-7;9-7(8(10)11)6-4-2-1-3-5-6/h2-6H,1H3;1-5H,(H,10,11). The van der Waals surface area contributed by atoms with Gasteiger partial charge in [0.05, 0.1) is 7.11 Å². The molecule has 0 aromatic heterocycles. The van der Waals surface area contributed by atoms with Crippen LogP contribution in [0, 0.1) is 0 Å². The summed E-state index contributed by atoms with van der Waals surface area (Å²) in [6, 6.07) is 16.2. The molecule has 0 saturated heterocycles. The SMILES string of the molecule is COC(=O)C(=O)c1ccccc1.O=C(O)C(=O)c1ccccc1. The van der Waals surface area contributed by atoms with Crippen molar-refractivity contribution in [3.05, 3.63) is 71.8 Å². The average molecular weight is 314 g/mol. The van der Waals surface area contributed by atoms with E-state index in [4.69, 9.17) is 5.11 Å². The third-order valence-corrected chi connectivity index (χ3v) is 2.64. The Morgan fingerprint density at radius 1 is 0.739 bits per heavy atom. The van der Waals surface area contributed by atoms with Gasteiger partial charge in [-0.25, -0.2) is 9.59 Å². The highest BCUT2D eigenvalue weighted by atomic mass is 16.5. The van der Waals surface area contributed by atoms with Gasteiger partial charge in [-0.15, -0.1) is 0 Å². The minimum absolute atomic E-state index is 0.208. The first-order chi connectivity index (χ1) is 11.0. The Morgan fingerprint density at radius 2 is 1.13 bits per heavy atom. The van der Waals surface area contributed by atoms with E-state index < -0.39 is 23.5 Å². The van der Waals surface area contributed by atoms with Gasteiger partial charge in [0.2, 0.25) is 0 Å². The van der Waals surface area contributed by atoms with E-state index in [1.807, 2.05) is 0 Å². The second-order valence-corrected chi connectivity index (χ2v) is 4.19. The molecule has 0 fully saturated rings. The van der Waals surface area contributed by atoms with Crippen molar-refractivity contribution in [2.75, 3.05) is 7.11 Å². The Morgan fingerprint density at radius 3 is 1.48 bits per heavy atom. The molecular weight excluding hydrogens is 300 g/mol. The molecule has 0 heterocycles. The third kappa shape index (κ3) is 5.55. The molecule has 0 unspecified atom stereocenters. The van der Waals surface area contributed by atoms with E-state index in [9.17, 15) is 19.2 Å². The maximum Gasteiger partial charge on any atom is 0.379 e. The van der Waals surface area contributed by atoms with Crippen LogP contribution in [0.1, 0.15) is 20.7 Å². The number of aliphatic carboxylic acids is 1. The molecule has 0 amide bonds. The van der Waals surface area contributed by atoms with Gasteiger partial charge in [0.1, 0.15) is 0 Å². The molecule has 0 radical (unpaired) electrons. The fraction of sp³-hybridized carbons (Fsp3) is 0.0588. The largest absolute Gasteiger partial charge is 0.475 e. The number of esters is 1. The van der Waals surface area contributed by atoms with Gasteiger partial charge < -0.3 is 9.84 Å². The molecule has 0 aliphatic heterocycles. The smallest absolute Gasteiger partial charge is 0.379 e. The van der Waals surface area contributed by atoms with Crippen molar-refractivity contribution >= 4 is 23.5 Å². The van der Waals surface area contributed by atoms with Crippen LogP contribution in [0.5, 0.6) is 0 Å². The van der Waals surface area contributed by atoms with Crippen LogP contribution in [-0.2, 0) is 14.3 Å². The highest BCUT2D eigenvalue weighted by molar-refractivity contribution is 6.40. The second-order valence-electron chi connectivity index (χ2n) is 4.19. The van der Waals surface area contributed by atoms with E-state index in [2.05, 4.69) is 4.74 Å². The number of rotatable bonds is 4. The summed E-state index contributed by atoms with van der Waals surface area (Å²) in [6.45, 7) is 0. The first kappa shape index (κ1) is 17.8. The second kappa shape index (κ2) is 8.89. The van der Waals surface area contributed by atoms with Crippen molar-refractivity contribution in [3.63, 3.8) is 0 Å². The molecule has 1 N–H and O–H groups in total. The summed E-state index contributed by atoms with van der Waals surface area (Å²) in [6.07, 6.45) is 0. The van der Waals surface area contributed by atoms with E-state index in [1.54, 1.807) is 48.5 Å². The minimum Gasteiger partial charge on any atom is -0.475 e. The lowest BCUT2D eigenvalue weighted by molar-refractivity contribution is -0.135. The maximum absolute atomic E-state index is 11.1. The van der Waals surface area contributed by atoms with Gasteiger partial charge in [-0.2, -0.15) is 0 Å². The number of methoxy groups -OCH3 is 1. The predicted molar refractivity (Wildman–Crippen MR) is 81.2 cm³/mol. The van der Waals surface area contributed by atoms with Gasteiger partial charge in [0.15, 0.2) is 0 Å². The van der Waals surface area contributed by atoms with Gasteiger partial charge in [0.25, 0.3) is 11.6 Å². The number of ether oxygens (including phenoxy) is 1. The van der Waals surface area contributed by atoms with Gasteiger partial charge in [-0.05, 0) is 0 Å². The lowest BCUT2D eigenvalue weighted by Crippen LogP contribution is -2.15. The van der Waals surface area contributed by atoms with Crippen LogP contribution in [0.3, 0.4) is 0 Å². The summed E-state index contributed by atoms with van der Waals surface area (Å²) in [7, 11) is 1.18. The monoisotopic (exact) mass is 314 g/mol. The normalized spacial score (nSPS) is 9.09. The summed E-state index contributed by atoms with van der Waals surface area (Å²) in [5.41, 5.74) is 0.560. The Bertz CT molecular complexity index is 692. The van der Waals surface area contributed by atoms with Gasteiger partial charge in [-0.3, -0.25) is 9.59 Å². The maximum atomic E-state index is 11.1. The van der Waals surface area contributed by atoms with Crippen LogP contribution in [-0.4, -0.2) is 35.7 Å². The molecule has 2 rings (SSSR count). The van der Waals surface area contributed by atoms with E-state index in [0.717, 1.165) is 0 Å². The number of carboxylic acids is 1. The molecule has 118 valence electrons. The van der Waals surface area contributed by atoms with Crippen LogP contribution in [0.4, 0.5) is 0 Å². The van der Waals surface area contributed by atoms with Crippen molar-refractivity contribution in [2.45, 2.75) is 0 Å². The van der Waals surface area contributed by atoms with Crippen LogP contribution < -0.4 is 0 Å². The van der Waals surface area contributed by atoms with Crippen LogP contribution in [0.15, 0.2) is 60.7 Å². The zero-order chi connectivity index (χ0) is 17.2. The Balaban J connectivity index is 0.000000231. The molecule has 0 bridgehead atoms. The zero-order valence-electron chi connectivity index (χ0n) is 12.3. The first-order valence-corrected chi connectivity index (χ1v) is 6.47. The molecule has 0 spiro atoms. The molecule has 0 saturated carbocycles. The molecule has 23 heavy (non-hydrogen) atoms. The number of carbonyl (C=O) groups is 4. The topological polar surface area (TPSA) is 97.7 Å².